The Balaban J connectivity index is 1.41. The zero-order valence-electron chi connectivity index (χ0n) is 19.4. The minimum Gasteiger partial charge on any atom is -0.449 e. The summed E-state index contributed by atoms with van der Waals surface area (Å²) in [6, 6.07) is 7.19. The summed E-state index contributed by atoms with van der Waals surface area (Å²) in [6.45, 7) is 5.18. The minimum atomic E-state index is -1.36. The molecule has 1 aromatic heterocycles. The molecule has 3 heterocycles. The number of morpholine rings is 1. The van der Waals surface area contributed by atoms with Crippen LogP contribution in [0.15, 0.2) is 30.5 Å². The van der Waals surface area contributed by atoms with Crippen LogP contribution in [-0.4, -0.2) is 79.1 Å². The Kier molecular flexibility index (Phi) is 8.07. The van der Waals surface area contributed by atoms with E-state index < -0.39 is 24.4 Å². The van der Waals surface area contributed by atoms with Gasteiger partial charge in [-0.25, -0.2) is 9.18 Å². The highest BCUT2D eigenvalue weighted by atomic mass is 127. The van der Waals surface area contributed by atoms with Crippen molar-refractivity contribution in [1.29, 1.82) is 0 Å². The third-order valence-electron chi connectivity index (χ3n) is 6.15. The number of ether oxygens (including phenoxy) is 2. The summed E-state index contributed by atoms with van der Waals surface area (Å²) in [5.41, 5.74) is 1.90. The Morgan fingerprint density at radius 3 is 2.88 bits per heavy atom. The highest BCUT2D eigenvalue weighted by molar-refractivity contribution is 14.1. The summed E-state index contributed by atoms with van der Waals surface area (Å²) in [4.78, 5) is 33.1. The molecule has 1 N–H and O–H groups in total. The van der Waals surface area contributed by atoms with E-state index in [-0.39, 0.29) is 25.1 Å². The van der Waals surface area contributed by atoms with Gasteiger partial charge in [-0.1, -0.05) is 13.3 Å². The number of pyridine rings is 1. The van der Waals surface area contributed by atoms with Crippen molar-refractivity contribution in [2.45, 2.75) is 51.1 Å². The summed E-state index contributed by atoms with van der Waals surface area (Å²) in [5, 5.41) is 3.77. The van der Waals surface area contributed by atoms with E-state index in [1.54, 1.807) is 6.20 Å². The van der Waals surface area contributed by atoms with Crippen LogP contribution in [0.2, 0.25) is 0 Å². The zero-order valence-corrected chi connectivity index (χ0v) is 21.5. The molecular formula is C24H30FIN4O4. The summed E-state index contributed by atoms with van der Waals surface area (Å²) in [6.07, 6.45) is 0.593. The van der Waals surface area contributed by atoms with Crippen LogP contribution < -0.4 is 10.2 Å². The van der Waals surface area contributed by atoms with Crippen molar-refractivity contribution in [3.05, 3.63) is 34.0 Å². The third kappa shape index (κ3) is 5.54. The molecule has 184 valence electrons. The number of nitrogens with one attached hydrogen (secondary N) is 1. The summed E-state index contributed by atoms with van der Waals surface area (Å²) >= 11 is 2.27. The van der Waals surface area contributed by atoms with Crippen molar-refractivity contribution in [3.8, 4) is 0 Å². The van der Waals surface area contributed by atoms with Gasteiger partial charge in [0.15, 0.2) is 6.10 Å². The van der Waals surface area contributed by atoms with Crippen LogP contribution >= 0.6 is 22.6 Å². The molecule has 4 atom stereocenters. The first-order valence-corrected chi connectivity index (χ1v) is 12.7. The number of unbranched alkanes of at least 4 members (excludes halogenated alkanes) is 1. The number of likely N-dealkylation sites (tertiary alicyclic amines) is 1. The molecule has 0 saturated carbocycles. The van der Waals surface area contributed by atoms with Crippen LogP contribution in [-0.2, 0) is 14.3 Å². The molecule has 0 radical (unpaired) electrons. The molecule has 2 unspecified atom stereocenters. The van der Waals surface area contributed by atoms with E-state index in [1.807, 2.05) is 38.1 Å². The zero-order chi connectivity index (χ0) is 24.2. The second-order valence-corrected chi connectivity index (χ2v) is 9.97. The minimum absolute atomic E-state index is 0.0806. The van der Waals surface area contributed by atoms with Gasteiger partial charge in [-0.05, 0) is 60.2 Å². The Hall–Kier alpha value is -2.21. The number of alkyl halides is 1. The van der Waals surface area contributed by atoms with Gasteiger partial charge in [-0.15, -0.1) is 0 Å². The van der Waals surface area contributed by atoms with Gasteiger partial charge >= 0.3 is 6.09 Å². The molecule has 2 saturated heterocycles. The lowest BCUT2D eigenvalue weighted by Gasteiger charge is -2.38. The van der Waals surface area contributed by atoms with E-state index in [0.717, 1.165) is 33.0 Å². The Morgan fingerprint density at radius 2 is 2.09 bits per heavy atom. The fraction of sp³-hybridized carbons (Fsp3) is 0.542. The fourth-order valence-corrected chi connectivity index (χ4v) is 5.02. The fourth-order valence-electron chi connectivity index (χ4n) is 4.41. The maximum atomic E-state index is 14.6. The molecule has 1 aromatic carbocycles. The van der Waals surface area contributed by atoms with Crippen molar-refractivity contribution in [2.75, 3.05) is 37.7 Å². The molecule has 8 nitrogen and oxygen atoms in total. The largest absolute Gasteiger partial charge is 0.449 e. The molecule has 0 bridgehead atoms. The van der Waals surface area contributed by atoms with E-state index in [9.17, 15) is 14.0 Å². The summed E-state index contributed by atoms with van der Waals surface area (Å²) in [5.74, 6) is -0.377. The van der Waals surface area contributed by atoms with Crippen LogP contribution in [0.1, 0.15) is 26.7 Å². The lowest BCUT2D eigenvalue weighted by molar-refractivity contribution is -0.138. The maximum Gasteiger partial charge on any atom is 0.409 e. The van der Waals surface area contributed by atoms with Crippen LogP contribution in [0.4, 0.5) is 14.9 Å². The standard InChI is InChI=1S/C24H30FIN4O4/c1-3-4-10-33-24(32)30-12-17(25)19(13-30)28-23(31)21-14-29(11-15(2)34-21)20-8-7-18(26)22-16(20)6-5-9-27-22/h5-9,15,17,19,21H,3-4,10-14H2,1-2H3,(H,28,31)/t15-,17?,19?,21-/m1/s1. The van der Waals surface area contributed by atoms with Gasteiger partial charge in [-0.2, -0.15) is 0 Å². The highest BCUT2D eigenvalue weighted by Crippen LogP contribution is 2.31. The van der Waals surface area contributed by atoms with E-state index in [0.29, 0.717) is 19.7 Å². The van der Waals surface area contributed by atoms with Crippen molar-refractivity contribution >= 4 is 51.2 Å². The first kappa shape index (κ1) is 24.9. The maximum absolute atomic E-state index is 14.6. The first-order valence-electron chi connectivity index (χ1n) is 11.7. The lowest BCUT2D eigenvalue weighted by Crippen LogP contribution is -2.55. The molecule has 10 heteroatoms. The Labute approximate surface area is 212 Å². The Bertz CT molecular complexity index is 1040. The van der Waals surface area contributed by atoms with Gasteiger partial charge in [0, 0.05) is 33.9 Å². The number of carbonyl (C=O) groups is 2. The average molecular weight is 584 g/mol. The number of amides is 2. The molecule has 2 fully saturated rings. The number of aromatic nitrogens is 1. The van der Waals surface area contributed by atoms with Gasteiger partial charge in [0.05, 0.1) is 37.4 Å². The number of hydrogen-bond acceptors (Lipinski definition) is 6. The van der Waals surface area contributed by atoms with E-state index in [1.165, 1.54) is 4.90 Å². The average Bonchev–Trinajstić information content (AvgIpc) is 3.19. The third-order valence-corrected chi connectivity index (χ3v) is 7.02. The van der Waals surface area contributed by atoms with Crippen molar-refractivity contribution in [2.24, 2.45) is 0 Å². The lowest BCUT2D eigenvalue weighted by atomic mass is 10.1. The number of carbonyl (C=O) groups excluding carboxylic acids is 2. The molecule has 2 aromatic rings. The number of anilines is 1. The van der Waals surface area contributed by atoms with Gasteiger partial charge in [0.25, 0.3) is 5.91 Å². The highest BCUT2D eigenvalue weighted by Gasteiger charge is 2.39. The number of rotatable bonds is 6. The quantitative estimate of drug-likeness (QED) is 0.414. The van der Waals surface area contributed by atoms with E-state index in [4.69, 9.17) is 9.47 Å². The predicted octanol–water partition coefficient (Wildman–Crippen LogP) is 3.51. The van der Waals surface area contributed by atoms with Crippen molar-refractivity contribution in [3.63, 3.8) is 0 Å². The van der Waals surface area contributed by atoms with E-state index in [2.05, 4.69) is 37.8 Å². The number of nitrogens with zero attached hydrogens (tertiary/aromatic N) is 3. The predicted molar refractivity (Wildman–Crippen MR) is 136 cm³/mol. The number of halogens is 2. The second kappa shape index (κ2) is 11.0. The molecule has 2 amide bonds. The molecule has 2 aliphatic heterocycles. The molecule has 2 aliphatic rings. The van der Waals surface area contributed by atoms with Crippen LogP contribution in [0.5, 0.6) is 0 Å². The number of hydrogen-bond donors (Lipinski definition) is 1. The SMILES string of the molecule is CCCCOC(=O)N1CC(F)C(NC(=O)[C@H]2CN(c3ccc(I)c4ncccc34)C[C@@H](C)O2)C1. The topological polar surface area (TPSA) is 84.0 Å². The van der Waals surface area contributed by atoms with Crippen molar-refractivity contribution in [1.82, 2.24) is 15.2 Å². The summed E-state index contributed by atoms with van der Waals surface area (Å²) in [7, 11) is 0. The van der Waals surface area contributed by atoms with Gasteiger partial charge in [0.2, 0.25) is 0 Å². The molecule has 0 aliphatic carbocycles. The normalized spacial score (nSPS) is 24.9. The molecule has 0 spiro atoms. The van der Waals surface area contributed by atoms with Gasteiger partial charge in [-0.3, -0.25) is 9.78 Å². The number of fused-ring (bicyclic) bond motifs is 1. The second-order valence-electron chi connectivity index (χ2n) is 8.81. The van der Waals surface area contributed by atoms with Crippen LogP contribution in [0, 0.1) is 3.57 Å². The summed E-state index contributed by atoms with van der Waals surface area (Å²) < 4.78 is 26.8. The van der Waals surface area contributed by atoms with Crippen LogP contribution in [0.3, 0.4) is 0 Å². The monoisotopic (exact) mass is 584 g/mol. The molecule has 4 rings (SSSR count). The van der Waals surface area contributed by atoms with Gasteiger partial charge in [0.1, 0.15) is 6.17 Å². The first-order chi connectivity index (χ1) is 16.4. The van der Waals surface area contributed by atoms with Crippen LogP contribution in [0.25, 0.3) is 10.9 Å². The number of benzene rings is 1. The molecular weight excluding hydrogens is 554 g/mol. The van der Waals surface area contributed by atoms with Gasteiger partial charge < -0.3 is 24.6 Å². The molecule has 34 heavy (non-hydrogen) atoms. The van der Waals surface area contributed by atoms with Crippen molar-refractivity contribution < 1.29 is 23.5 Å². The smallest absolute Gasteiger partial charge is 0.409 e. The Morgan fingerprint density at radius 1 is 1.26 bits per heavy atom. The van der Waals surface area contributed by atoms with E-state index >= 15 is 0 Å².